The topological polar surface area (TPSA) is 78.0 Å². The Balaban J connectivity index is 1.38. The number of imide groups is 1. The number of carbonyl (C=O) groups excluding carboxylic acids is 2. The predicted molar refractivity (Wildman–Crippen MR) is 137 cm³/mol. The first-order valence-electron chi connectivity index (χ1n) is 12.1. The molecule has 0 saturated heterocycles. The number of pyridine rings is 1. The second-order valence-corrected chi connectivity index (χ2v) is 8.56. The Kier molecular flexibility index (Phi) is 7.23. The molecule has 0 saturated carbocycles. The summed E-state index contributed by atoms with van der Waals surface area (Å²) in [6, 6.07) is 28.1. The molecular weight excluding hydrogens is 468 g/mol. The maximum Gasteiger partial charge on any atom is 0.285 e. The van der Waals surface area contributed by atoms with Crippen LogP contribution in [0, 0.1) is 0 Å². The summed E-state index contributed by atoms with van der Waals surface area (Å²) in [6.45, 7) is 2.59. The van der Waals surface area contributed by atoms with Crippen LogP contribution in [0.25, 0.3) is 0 Å². The van der Waals surface area contributed by atoms with E-state index >= 15 is 0 Å². The zero-order valence-corrected chi connectivity index (χ0v) is 20.4. The minimum absolute atomic E-state index is 0.326. The SMILES string of the molecule is CCC(ON1C(=O)c2ccccc2C1=O)c1cc(OCc2ccccc2)c(OCc2ccccc2)cn1. The van der Waals surface area contributed by atoms with Crippen LogP contribution in [-0.2, 0) is 18.1 Å². The normalized spacial score (nSPS) is 13.4. The van der Waals surface area contributed by atoms with Crippen molar-refractivity contribution in [1.82, 2.24) is 10.0 Å². The van der Waals surface area contributed by atoms with Crippen molar-refractivity contribution in [2.75, 3.05) is 0 Å². The summed E-state index contributed by atoms with van der Waals surface area (Å²) >= 11 is 0. The first-order valence-corrected chi connectivity index (χ1v) is 12.1. The van der Waals surface area contributed by atoms with Gasteiger partial charge >= 0.3 is 0 Å². The van der Waals surface area contributed by atoms with Crippen LogP contribution in [0.15, 0.2) is 97.2 Å². The molecule has 1 unspecified atom stereocenters. The number of hydrogen-bond donors (Lipinski definition) is 0. The van der Waals surface area contributed by atoms with Crippen LogP contribution in [0.2, 0.25) is 0 Å². The maximum atomic E-state index is 12.8. The molecule has 186 valence electrons. The molecule has 2 amide bonds. The fourth-order valence-corrected chi connectivity index (χ4v) is 4.04. The Labute approximate surface area is 215 Å². The molecule has 1 aliphatic rings. The highest BCUT2D eigenvalue weighted by atomic mass is 16.7. The molecule has 0 bridgehead atoms. The van der Waals surface area contributed by atoms with E-state index in [1.807, 2.05) is 67.6 Å². The Bertz CT molecular complexity index is 1360. The van der Waals surface area contributed by atoms with E-state index < -0.39 is 17.9 Å². The highest BCUT2D eigenvalue weighted by Crippen LogP contribution is 2.34. The summed E-state index contributed by atoms with van der Waals surface area (Å²) in [5.74, 6) is 0.0122. The number of carbonyl (C=O) groups is 2. The van der Waals surface area contributed by atoms with Crippen molar-refractivity contribution < 1.29 is 23.9 Å². The van der Waals surface area contributed by atoms with E-state index in [1.165, 1.54) is 0 Å². The van der Waals surface area contributed by atoms with E-state index in [9.17, 15) is 9.59 Å². The van der Waals surface area contributed by atoms with Gasteiger partial charge in [-0.25, -0.2) is 0 Å². The second kappa shape index (κ2) is 11.1. The van der Waals surface area contributed by atoms with Gasteiger partial charge in [-0.2, -0.15) is 0 Å². The van der Waals surface area contributed by atoms with Crippen molar-refractivity contribution >= 4 is 11.8 Å². The van der Waals surface area contributed by atoms with Gasteiger partial charge in [0.25, 0.3) is 11.8 Å². The molecule has 0 aliphatic carbocycles. The maximum absolute atomic E-state index is 12.8. The molecule has 1 atom stereocenters. The second-order valence-electron chi connectivity index (χ2n) is 8.56. The third-order valence-electron chi connectivity index (χ3n) is 6.02. The smallest absolute Gasteiger partial charge is 0.285 e. The van der Waals surface area contributed by atoms with E-state index in [2.05, 4.69) is 4.98 Å². The van der Waals surface area contributed by atoms with Gasteiger partial charge in [0.2, 0.25) is 0 Å². The summed E-state index contributed by atoms with van der Waals surface area (Å²) in [5.41, 5.74) is 3.19. The van der Waals surface area contributed by atoms with Crippen LogP contribution < -0.4 is 9.47 Å². The fraction of sp³-hybridized carbons (Fsp3) is 0.167. The highest BCUT2D eigenvalue weighted by Gasteiger charge is 2.38. The van der Waals surface area contributed by atoms with Gasteiger partial charge in [0, 0.05) is 6.07 Å². The number of hydrogen-bond acceptors (Lipinski definition) is 6. The zero-order chi connectivity index (χ0) is 25.6. The quantitative estimate of drug-likeness (QED) is 0.255. The number of fused-ring (bicyclic) bond motifs is 1. The van der Waals surface area contributed by atoms with Crippen molar-refractivity contribution in [1.29, 1.82) is 0 Å². The Morgan fingerprint density at radius 1 is 0.730 bits per heavy atom. The van der Waals surface area contributed by atoms with Gasteiger partial charge in [0.15, 0.2) is 11.5 Å². The molecule has 2 heterocycles. The van der Waals surface area contributed by atoms with Crippen molar-refractivity contribution in [2.45, 2.75) is 32.7 Å². The van der Waals surface area contributed by atoms with Crippen molar-refractivity contribution in [3.8, 4) is 11.5 Å². The van der Waals surface area contributed by atoms with Gasteiger partial charge in [0.05, 0.1) is 23.0 Å². The lowest BCUT2D eigenvalue weighted by molar-refractivity contribution is -0.136. The summed E-state index contributed by atoms with van der Waals surface area (Å²) in [7, 11) is 0. The summed E-state index contributed by atoms with van der Waals surface area (Å²) in [4.78, 5) is 36.1. The third-order valence-corrected chi connectivity index (χ3v) is 6.02. The number of ether oxygens (including phenoxy) is 2. The van der Waals surface area contributed by atoms with Crippen molar-refractivity contribution in [3.05, 3.63) is 125 Å². The Hall–Kier alpha value is -4.49. The largest absolute Gasteiger partial charge is 0.485 e. The molecule has 0 N–H and O–H groups in total. The van der Waals surface area contributed by atoms with Gasteiger partial charge < -0.3 is 9.47 Å². The van der Waals surface area contributed by atoms with Gasteiger partial charge in [-0.3, -0.25) is 19.4 Å². The molecule has 0 radical (unpaired) electrons. The monoisotopic (exact) mass is 494 g/mol. The van der Waals surface area contributed by atoms with Gasteiger partial charge in [-0.05, 0) is 29.7 Å². The minimum Gasteiger partial charge on any atom is -0.485 e. The van der Waals surface area contributed by atoms with Crippen LogP contribution >= 0.6 is 0 Å². The summed E-state index contributed by atoms with van der Waals surface area (Å²) in [5, 5.41) is 0.824. The molecule has 3 aromatic carbocycles. The highest BCUT2D eigenvalue weighted by molar-refractivity contribution is 6.20. The molecule has 1 aromatic heterocycles. The predicted octanol–water partition coefficient (Wildman–Crippen LogP) is 5.92. The standard InChI is InChI=1S/C30H26N2O5/c1-2-26(37-32-29(33)23-15-9-10-16-24(23)30(32)34)25-17-27(35-19-21-11-5-3-6-12-21)28(18-31-25)36-20-22-13-7-4-8-14-22/h3-18,26H,2,19-20H2,1H3. The first-order chi connectivity index (χ1) is 18.1. The number of aromatic nitrogens is 1. The Morgan fingerprint density at radius 3 is 1.78 bits per heavy atom. The Morgan fingerprint density at radius 2 is 1.24 bits per heavy atom. The van der Waals surface area contributed by atoms with Crippen LogP contribution in [0.1, 0.15) is 57.0 Å². The lowest BCUT2D eigenvalue weighted by Crippen LogP contribution is -2.31. The van der Waals surface area contributed by atoms with E-state index in [4.69, 9.17) is 14.3 Å². The number of amides is 2. The van der Waals surface area contributed by atoms with E-state index in [0.717, 1.165) is 16.2 Å². The third kappa shape index (κ3) is 5.37. The molecule has 0 fully saturated rings. The van der Waals surface area contributed by atoms with Gasteiger partial charge in [-0.15, -0.1) is 5.06 Å². The minimum atomic E-state index is -0.649. The molecular formula is C30H26N2O5. The molecule has 1 aliphatic heterocycles. The number of nitrogens with zero attached hydrogens (tertiary/aromatic N) is 2. The van der Waals surface area contributed by atoms with Gasteiger partial charge in [0.1, 0.15) is 19.3 Å². The van der Waals surface area contributed by atoms with Crippen LogP contribution in [0.3, 0.4) is 0 Å². The molecule has 7 heteroatoms. The number of hydroxylamine groups is 2. The molecule has 7 nitrogen and oxygen atoms in total. The van der Waals surface area contributed by atoms with E-state index in [-0.39, 0.29) is 0 Å². The molecule has 5 rings (SSSR count). The average molecular weight is 495 g/mol. The molecule has 37 heavy (non-hydrogen) atoms. The lowest BCUT2D eigenvalue weighted by atomic mass is 10.1. The fourth-order valence-electron chi connectivity index (χ4n) is 4.04. The van der Waals surface area contributed by atoms with Crippen molar-refractivity contribution in [2.24, 2.45) is 0 Å². The summed E-state index contributed by atoms with van der Waals surface area (Å²) in [6.07, 6.45) is 1.42. The van der Waals surface area contributed by atoms with Crippen molar-refractivity contribution in [3.63, 3.8) is 0 Å². The van der Waals surface area contributed by atoms with E-state index in [0.29, 0.717) is 48.0 Å². The number of rotatable bonds is 10. The van der Waals surface area contributed by atoms with Crippen LogP contribution in [0.5, 0.6) is 11.5 Å². The zero-order valence-electron chi connectivity index (χ0n) is 20.4. The van der Waals surface area contributed by atoms with Crippen LogP contribution in [0.4, 0.5) is 0 Å². The van der Waals surface area contributed by atoms with Crippen LogP contribution in [-0.4, -0.2) is 21.9 Å². The number of benzene rings is 3. The van der Waals surface area contributed by atoms with Gasteiger partial charge in [-0.1, -0.05) is 79.7 Å². The van der Waals surface area contributed by atoms with E-state index in [1.54, 1.807) is 36.5 Å². The lowest BCUT2D eigenvalue weighted by Gasteiger charge is -2.22. The summed E-state index contributed by atoms with van der Waals surface area (Å²) < 4.78 is 12.2. The molecule has 0 spiro atoms. The average Bonchev–Trinajstić information content (AvgIpc) is 3.19. The first kappa shape index (κ1) is 24.2. The molecule has 4 aromatic rings.